The molecule has 2 fully saturated rings. The largest absolute Gasteiger partial charge is 0.494 e. The third-order valence-electron chi connectivity index (χ3n) is 4.72. The standard InChI is InChI=1S/C19H24O5/c1-2-23-19(21)9-14-8-15-16(17(20)10-18(15)24-14)12-22-11-13-6-4-3-5-7-13/h3-7,9,15-18,20H,2,8,10-12H2,1H3/t15-,16-,17-,18+/m1/s1. The van der Waals surface area contributed by atoms with Gasteiger partial charge in [0.1, 0.15) is 11.9 Å². The summed E-state index contributed by atoms with van der Waals surface area (Å²) in [5.74, 6) is 0.511. The van der Waals surface area contributed by atoms with Crippen LogP contribution >= 0.6 is 0 Å². The number of allylic oxidation sites excluding steroid dienone is 1. The lowest BCUT2D eigenvalue weighted by Crippen LogP contribution is -2.24. The summed E-state index contributed by atoms with van der Waals surface area (Å²) in [6, 6.07) is 9.98. The first-order chi connectivity index (χ1) is 11.7. The average Bonchev–Trinajstić information content (AvgIpc) is 3.06. The van der Waals surface area contributed by atoms with E-state index in [2.05, 4.69) is 0 Å². The minimum absolute atomic E-state index is 0.0341. The van der Waals surface area contributed by atoms with Crippen LogP contribution in [0.5, 0.6) is 0 Å². The highest BCUT2D eigenvalue weighted by Crippen LogP contribution is 2.44. The van der Waals surface area contributed by atoms with Gasteiger partial charge in [-0.25, -0.2) is 4.79 Å². The molecule has 3 rings (SSSR count). The van der Waals surface area contributed by atoms with Gasteiger partial charge in [-0.05, 0) is 12.5 Å². The first kappa shape index (κ1) is 17.0. The van der Waals surface area contributed by atoms with E-state index in [-0.39, 0.29) is 23.9 Å². The van der Waals surface area contributed by atoms with E-state index >= 15 is 0 Å². The Hall–Kier alpha value is -1.85. The number of carbonyl (C=O) groups excluding carboxylic acids is 1. The number of fused-ring (bicyclic) bond motifs is 1. The second kappa shape index (κ2) is 7.81. The van der Waals surface area contributed by atoms with Gasteiger partial charge in [0.05, 0.1) is 32.0 Å². The molecule has 1 aliphatic carbocycles. The lowest BCUT2D eigenvalue weighted by Gasteiger charge is -2.19. The Morgan fingerprint density at radius 3 is 2.92 bits per heavy atom. The van der Waals surface area contributed by atoms with Crippen molar-refractivity contribution in [3.05, 3.63) is 47.7 Å². The molecule has 1 saturated heterocycles. The number of benzene rings is 1. The average molecular weight is 332 g/mol. The maximum Gasteiger partial charge on any atom is 0.334 e. The van der Waals surface area contributed by atoms with E-state index in [1.54, 1.807) is 6.92 Å². The Morgan fingerprint density at radius 2 is 2.17 bits per heavy atom. The molecule has 1 heterocycles. The molecule has 0 amide bonds. The first-order valence-corrected chi connectivity index (χ1v) is 8.51. The quantitative estimate of drug-likeness (QED) is 0.640. The fourth-order valence-electron chi connectivity index (χ4n) is 3.57. The molecule has 0 unspecified atom stereocenters. The Labute approximate surface area is 142 Å². The Kier molecular flexibility index (Phi) is 5.53. The van der Waals surface area contributed by atoms with Crippen LogP contribution in [-0.2, 0) is 25.6 Å². The molecule has 130 valence electrons. The van der Waals surface area contributed by atoms with Crippen LogP contribution in [0.4, 0.5) is 0 Å². The van der Waals surface area contributed by atoms with Gasteiger partial charge in [0.15, 0.2) is 0 Å². The third kappa shape index (κ3) is 3.97. The molecule has 1 aliphatic heterocycles. The molecule has 24 heavy (non-hydrogen) atoms. The molecule has 5 heteroatoms. The van der Waals surface area contributed by atoms with Crippen LogP contribution in [0.1, 0.15) is 25.3 Å². The van der Waals surface area contributed by atoms with Gasteiger partial charge in [0, 0.05) is 24.7 Å². The fraction of sp³-hybridized carbons (Fsp3) is 0.526. The molecule has 1 N–H and O–H groups in total. The molecule has 2 aliphatic rings. The predicted octanol–water partition coefficient (Wildman–Crippen LogP) is 2.44. The van der Waals surface area contributed by atoms with E-state index < -0.39 is 6.10 Å². The third-order valence-corrected chi connectivity index (χ3v) is 4.72. The maximum absolute atomic E-state index is 11.5. The van der Waals surface area contributed by atoms with E-state index in [4.69, 9.17) is 14.2 Å². The van der Waals surface area contributed by atoms with Gasteiger partial charge >= 0.3 is 5.97 Å². The van der Waals surface area contributed by atoms with Crippen molar-refractivity contribution in [3.8, 4) is 0 Å². The molecule has 4 atom stereocenters. The molecule has 1 aromatic carbocycles. The predicted molar refractivity (Wildman–Crippen MR) is 87.9 cm³/mol. The zero-order valence-electron chi connectivity index (χ0n) is 13.9. The highest BCUT2D eigenvalue weighted by Gasteiger charge is 2.48. The molecule has 5 nitrogen and oxygen atoms in total. The van der Waals surface area contributed by atoms with Crippen LogP contribution in [0.15, 0.2) is 42.2 Å². The lowest BCUT2D eigenvalue weighted by molar-refractivity contribution is -0.137. The molecule has 0 spiro atoms. The summed E-state index contributed by atoms with van der Waals surface area (Å²) in [5.41, 5.74) is 1.12. The van der Waals surface area contributed by atoms with Gasteiger partial charge in [0.2, 0.25) is 0 Å². The molecule has 1 aromatic rings. The van der Waals surface area contributed by atoms with Gasteiger partial charge in [-0.3, -0.25) is 0 Å². The first-order valence-electron chi connectivity index (χ1n) is 8.51. The number of esters is 1. The maximum atomic E-state index is 11.5. The number of ether oxygens (including phenoxy) is 3. The Balaban J connectivity index is 1.54. The summed E-state index contributed by atoms with van der Waals surface area (Å²) in [6.45, 7) is 3.16. The zero-order valence-corrected chi connectivity index (χ0v) is 13.9. The van der Waals surface area contributed by atoms with Crippen LogP contribution in [0.2, 0.25) is 0 Å². The number of rotatable bonds is 6. The molecular weight excluding hydrogens is 308 g/mol. The van der Waals surface area contributed by atoms with Crippen LogP contribution in [0.3, 0.4) is 0 Å². The van der Waals surface area contributed by atoms with Crippen molar-refractivity contribution in [2.75, 3.05) is 13.2 Å². The highest BCUT2D eigenvalue weighted by atomic mass is 16.5. The van der Waals surface area contributed by atoms with Crippen LogP contribution in [0.25, 0.3) is 0 Å². The molecule has 0 aromatic heterocycles. The van der Waals surface area contributed by atoms with E-state index in [0.717, 1.165) is 5.56 Å². The summed E-state index contributed by atoms with van der Waals surface area (Å²) in [4.78, 5) is 11.5. The summed E-state index contributed by atoms with van der Waals surface area (Å²) in [7, 11) is 0. The van der Waals surface area contributed by atoms with Gasteiger partial charge in [-0.2, -0.15) is 0 Å². The van der Waals surface area contributed by atoms with E-state index in [1.165, 1.54) is 6.08 Å². The zero-order chi connectivity index (χ0) is 16.9. The van der Waals surface area contributed by atoms with Crippen molar-refractivity contribution in [3.63, 3.8) is 0 Å². The van der Waals surface area contributed by atoms with Crippen molar-refractivity contribution >= 4 is 5.97 Å². The topological polar surface area (TPSA) is 65.0 Å². The SMILES string of the molecule is CCOC(=O)C=C1C[C@@H]2[C@@H](COCc3ccccc3)[C@H](O)C[C@@H]2O1. The van der Waals surface area contributed by atoms with Crippen LogP contribution < -0.4 is 0 Å². The summed E-state index contributed by atoms with van der Waals surface area (Å²) in [6.07, 6.45) is 2.21. The summed E-state index contributed by atoms with van der Waals surface area (Å²) in [5, 5.41) is 10.3. The van der Waals surface area contributed by atoms with Crippen LogP contribution in [0, 0.1) is 11.8 Å². The smallest absolute Gasteiger partial charge is 0.334 e. The summed E-state index contributed by atoms with van der Waals surface area (Å²) < 4.78 is 16.5. The second-order valence-electron chi connectivity index (χ2n) is 6.35. The molecular formula is C19H24O5. The molecule has 0 radical (unpaired) electrons. The van der Waals surface area contributed by atoms with Crippen molar-refractivity contribution in [2.24, 2.45) is 11.8 Å². The lowest BCUT2D eigenvalue weighted by atomic mass is 9.92. The Bertz CT molecular complexity index is 583. The van der Waals surface area contributed by atoms with Gasteiger partial charge in [0.25, 0.3) is 0 Å². The van der Waals surface area contributed by atoms with Gasteiger partial charge in [-0.15, -0.1) is 0 Å². The number of aliphatic hydroxyl groups is 1. The van der Waals surface area contributed by atoms with Crippen molar-refractivity contribution in [2.45, 2.75) is 38.6 Å². The van der Waals surface area contributed by atoms with E-state index in [9.17, 15) is 9.90 Å². The minimum Gasteiger partial charge on any atom is -0.494 e. The van der Waals surface area contributed by atoms with Crippen molar-refractivity contribution in [1.82, 2.24) is 0 Å². The Morgan fingerprint density at radius 1 is 1.38 bits per heavy atom. The van der Waals surface area contributed by atoms with Crippen molar-refractivity contribution < 1.29 is 24.1 Å². The number of aliphatic hydroxyl groups excluding tert-OH is 1. The van der Waals surface area contributed by atoms with E-state index in [0.29, 0.717) is 38.4 Å². The number of hydrogen-bond acceptors (Lipinski definition) is 5. The summed E-state index contributed by atoms with van der Waals surface area (Å²) >= 11 is 0. The van der Waals surface area contributed by atoms with Crippen LogP contribution in [-0.4, -0.2) is 36.5 Å². The molecule has 1 saturated carbocycles. The highest BCUT2D eigenvalue weighted by molar-refractivity contribution is 5.82. The minimum atomic E-state index is -0.417. The monoisotopic (exact) mass is 332 g/mol. The number of carbonyl (C=O) groups is 1. The normalized spacial score (nSPS) is 30.2. The van der Waals surface area contributed by atoms with Gasteiger partial charge in [-0.1, -0.05) is 30.3 Å². The van der Waals surface area contributed by atoms with Crippen molar-refractivity contribution in [1.29, 1.82) is 0 Å². The fourth-order valence-corrected chi connectivity index (χ4v) is 3.57. The van der Waals surface area contributed by atoms with Gasteiger partial charge < -0.3 is 19.3 Å². The number of hydrogen-bond donors (Lipinski definition) is 1. The van der Waals surface area contributed by atoms with E-state index in [1.807, 2.05) is 30.3 Å². The molecule has 0 bridgehead atoms. The second-order valence-corrected chi connectivity index (χ2v) is 6.35.